The van der Waals surface area contributed by atoms with Crippen molar-refractivity contribution in [2.75, 3.05) is 5.32 Å². The second-order valence-electron chi connectivity index (χ2n) is 4.48. The molecule has 0 aliphatic heterocycles. The molecule has 20 heavy (non-hydrogen) atoms. The fourth-order valence-electron chi connectivity index (χ4n) is 1.99. The minimum absolute atomic E-state index is 0.756. The van der Waals surface area contributed by atoms with Gasteiger partial charge in [-0.15, -0.1) is 10.2 Å². The zero-order valence-electron chi connectivity index (χ0n) is 11.3. The number of rotatable bonds is 5. The lowest BCUT2D eigenvalue weighted by Gasteiger charge is -2.07. The molecule has 0 unspecified atom stereocenters. The summed E-state index contributed by atoms with van der Waals surface area (Å²) in [6.07, 6.45) is 7.31. The fourth-order valence-corrected chi connectivity index (χ4v) is 1.99. The maximum absolute atomic E-state index is 4.26. The SMILES string of the molecule is CCn1cc(CNc2cccc(-n3cnnc3)c2)cn1. The standard InChI is InChI=1S/C14H16N6/c1-2-20-9-12(8-18-20)7-15-13-4-3-5-14(6-13)19-10-16-17-11-19/h3-6,8-11,15H,2,7H2,1H3. The van der Waals surface area contributed by atoms with Gasteiger partial charge < -0.3 is 5.32 Å². The van der Waals surface area contributed by atoms with E-state index in [0.29, 0.717) is 0 Å². The van der Waals surface area contributed by atoms with E-state index in [9.17, 15) is 0 Å². The number of hydrogen-bond donors (Lipinski definition) is 1. The molecule has 102 valence electrons. The molecule has 0 bridgehead atoms. The van der Waals surface area contributed by atoms with Crippen molar-refractivity contribution in [3.05, 3.63) is 54.9 Å². The van der Waals surface area contributed by atoms with Crippen molar-refractivity contribution in [2.24, 2.45) is 0 Å². The Labute approximate surface area is 117 Å². The summed E-state index contributed by atoms with van der Waals surface area (Å²) in [6, 6.07) is 8.13. The molecule has 0 spiro atoms. The maximum atomic E-state index is 4.26. The molecule has 0 fully saturated rings. The van der Waals surface area contributed by atoms with Crippen molar-refractivity contribution >= 4 is 5.69 Å². The van der Waals surface area contributed by atoms with Crippen LogP contribution >= 0.6 is 0 Å². The van der Waals surface area contributed by atoms with E-state index in [1.165, 1.54) is 5.56 Å². The van der Waals surface area contributed by atoms with Crippen molar-refractivity contribution in [3.63, 3.8) is 0 Å². The summed E-state index contributed by atoms with van der Waals surface area (Å²) in [4.78, 5) is 0. The van der Waals surface area contributed by atoms with Gasteiger partial charge in [0.15, 0.2) is 0 Å². The Kier molecular flexibility index (Phi) is 3.45. The molecule has 2 heterocycles. The van der Waals surface area contributed by atoms with Crippen LogP contribution in [0.5, 0.6) is 0 Å². The summed E-state index contributed by atoms with van der Waals surface area (Å²) in [6.45, 7) is 3.72. The minimum Gasteiger partial charge on any atom is -0.381 e. The van der Waals surface area contributed by atoms with Gasteiger partial charge in [-0.2, -0.15) is 5.10 Å². The molecule has 1 aromatic carbocycles. The van der Waals surface area contributed by atoms with Crippen LogP contribution in [-0.2, 0) is 13.1 Å². The van der Waals surface area contributed by atoms with E-state index in [2.05, 4.69) is 39.8 Å². The lowest BCUT2D eigenvalue weighted by Crippen LogP contribution is -2.00. The molecule has 0 atom stereocenters. The van der Waals surface area contributed by atoms with Gasteiger partial charge in [-0.05, 0) is 25.1 Å². The first-order valence-electron chi connectivity index (χ1n) is 6.55. The van der Waals surface area contributed by atoms with E-state index >= 15 is 0 Å². The third-order valence-corrected chi connectivity index (χ3v) is 3.07. The summed E-state index contributed by atoms with van der Waals surface area (Å²) < 4.78 is 3.80. The average molecular weight is 268 g/mol. The Hall–Kier alpha value is -2.63. The highest BCUT2D eigenvalue weighted by molar-refractivity contribution is 5.51. The van der Waals surface area contributed by atoms with Gasteiger partial charge in [-0.3, -0.25) is 9.25 Å². The number of hydrogen-bond acceptors (Lipinski definition) is 4. The van der Waals surface area contributed by atoms with Gasteiger partial charge in [-0.1, -0.05) is 6.07 Å². The van der Waals surface area contributed by atoms with E-state index in [0.717, 1.165) is 24.5 Å². The minimum atomic E-state index is 0.756. The summed E-state index contributed by atoms with van der Waals surface area (Å²) in [5.74, 6) is 0. The highest BCUT2D eigenvalue weighted by atomic mass is 15.3. The Morgan fingerprint density at radius 2 is 2.05 bits per heavy atom. The van der Waals surface area contributed by atoms with Crippen LogP contribution in [0.2, 0.25) is 0 Å². The average Bonchev–Trinajstić information content (AvgIpc) is 3.17. The molecule has 2 aromatic heterocycles. The van der Waals surface area contributed by atoms with E-state index in [4.69, 9.17) is 0 Å². The first-order valence-corrected chi connectivity index (χ1v) is 6.55. The van der Waals surface area contributed by atoms with Crippen LogP contribution in [0.4, 0.5) is 5.69 Å². The van der Waals surface area contributed by atoms with Crippen molar-refractivity contribution in [3.8, 4) is 5.69 Å². The summed E-state index contributed by atoms with van der Waals surface area (Å²) in [7, 11) is 0. The summed E-state index contributed by atoms with van der Waals surface area (Å²) in [5.41, 5.74) is 3.26. The molecular formula is C14H16N6. The molecule has 0 aliphatic rings. The van der Waals surface area contributed by atoms with Crippen molar-refractivity contribution in [1.82, 2.24) is 24.5 Å². The normalized spacial score (nSPS) is 10.7. The molecule has 0 saturated carbocycles. The van der Waals surface area contributed by atoms with Crippen LogP contribution in [0.3, 0.4) is 0 Å². The van der Waals surface area contributed by atoms with Crippen LogP contribution in [0, 0.1) is 0 Å². The van der Waals surface area contributed by atoms with Crippen LogP contribution in [-0.4, -0.2) is 24.5 Å². The first kappa shape index (κ1) is 12.4. The molecule has 6 nitrogen and oxygen atoms in total. The van der Waals surface area contributed by atoms with E-state index in [-0.39, 0.29) is 0 Å². The molecule has 0 saturated heterocycles. The zero-order chi connectivity index (χ0) is 13.8. The Morgan fingerprint density at radius 1 is 1.20 bits per heavy atom. The molecule has 0 amide bonds. The Balaban J connectivity index is 1.70. The second kappa shape index (κ2) is 5.56. The number of nitrogens with one attached hydrogen (secondary N) is 1. The van der Waals surface area contributed by atoms with Crippen LogP contribution < -0.4 is 5.32 Å². The number of aromatic nitrogens is 5. The van der Waals surface area contributed by atoms with Crippen LogP contribution in [0.15, 0.2) is 49.3 Å². The monoisotopic (exact) mass is 268 g/mol. The van der Waals surface area contributed by atoms with Gasteiger partial charge in [0.2, 0.25) is 0 Å². The molecular weight excluding hydrogens is 252 g/mol. The highest BCUT2D eigenvalue weighted by Gasteiger charge is 2.00. The molecule has 3 rings (SSSR count). The summed E-state index contributed by atoms with van der Waals surface area (Å²) in [5, 5.41) is 15.3. The number of aryl methyl sites for hydroxylation is 1. The van der Waals surface area contributed by atoms with E-state index in [1.54, 1.807) is 12.7 Å². The predicted molar refractivity (Wildman–Crippen MR) is 76.6 cm³/mol. The zero-order valence-corrected chi connectivity index (χ0v) is 11.3. The van der Waals surface area contributed by atoms with Gasteiger partial charge in [-0.25, -0.2) is 0 Å². The molecule has 1 N–H and O–H groups in total. The maximum Gasteiger partial charge on any atom is 0.123 e. The Morgan fingerprint density at radius 3 is 2.80 bits per heavy atom. The topological polar surface area (TPSA) is 60.6 Å². The first-order chi connectivity index (χ1) is 9.85. The Bertz CT molecular complexity index is 671. The smallest absolute Gasteiger partial charge is 0.123 e. The third kappa shape index (κ3) is 2.69. The number of anilines is 1. The van der Waals surface area contributed by atoms with Gasteiger partial charge in [0, 0.05) is 30.5 Å². The molecule has 0 aliphatic carbocycles. The quantitative estimate of drug-likeness (QED) is 0.769. The second-order valence-corrected chi connectivity index (χ2v) is 4.48. The fraction of sp³-hybridized carbons (Fsp3) is 0.214. The highest BCUT2D eigenvalue weighted by Crippen LogP contribution is 2.15. The number of benzene rings is 1. The van der Waals surface area contributed by atoms with Gasteiger partial charge in [0.25, 0.3) is 0 Å². The van der Waals surface area contributed by atoms with E-state index in [1.807, 2.05) is 33.6 Å². The molecule has 3 aromatic rings. The van der Waals surface area contributed by atoms with Gasteiger partial charge >= 0.3 is 0 Å². The lowest BCUT2D eigenvalue weighted by atomic mass is 10.2. The van der Waals surface area contributed by atoms with E-state index < -0.39 is 0 Å². The largest absolute Gasteiger partial charge is 0.381 e. The molecule has 0 radical (unpaired) electrons. The predicted octanol–water partition coefficient (Wildman–Crippen LogP) is 2.10. The van der Waals surface area contributed by atoms with Gasteiger partial charge in [0.05, 0.1) is 11.9 Å². The van der Waals surface area contributed by atoms with Crippen LogP contribution in [0.1, 0.15) is 12.5 Å². The van der Waals surface area contributed by atoms with Crippen LogP contribution in [0.25, 0.3) is 5.69 Å². The number of nitrogens with zero attached hydrogens (tertiary/aromatic N) is 5. The van der Waals surface area contributed by atoms with Crippen molar-refractivity contribution < 1.29 is 0 Å². The third-order valence-electron chi connectivity index (χ3n) is 3.07. The molecule has 6 heteroatoms. The van der Waals surface area contributed by atoms with Gasteiger partial charge in [0.1, 0.15) is 12.7 Å². The van der Waals surface area contributed by atoms with Crippen molar-refractivity contribution in [2.45, 2.75) is 20.0 Å². The van der Waals surface area contributed by atoms with Crippen molar-refractivity contribution in [1.29, 1.82) is 0 Å². The lowest BCUT2D eigenvalue weighted by molar-refractivity contribution is 0.659. The summed E-state index contributed by atoms with van der Waals surface area (Å²) >= 11 is 0.